The fraction of sp³-hybridized carbons (Fsp3) is 0.607. The molecule has 3 heteroatoms. The molecule has 0 aliphatic rings. The van der Waals surface area contributed by atoms with Crippen LogP contribution >= 0.6 is 0 Å². The molecule has 0 aromatic heterocycles. The summed E-state index contributed by atoms with van der Waals surface area (Å²) in [7, 11) is 1.59. The number of carbonyl (C=O) groups is 1. The van der Waals surface area contributed by atoms with E-state index < -0.39 is 0 Å². The highest BCUT2D eigenvalue weighted by atomic mass is 16.6. The molecule has 0 unspecified atom stereocenters. The van der Waals surface area contributed by atoms with E-state index in [1.54, 1.807) is 13.2 Å². The molecule has 174 valence electrons. The highest BCUT2D eigenvalue weighted by molar-refractivity contribution is 5.73. The van der Waals surface area contributed by atoms with Crippen molar-refractivity contribution >= 4 is 12.0 Å². The van der Waals surface area contributed by atoms with Crippen LogP contribution in [0.15, 0.2) is 36.4 Å². The van der Waals surface area contributed by atoms with Crippen molar-refractivity contribution < 1.29 is 14.3 Å². The Balaban J connectivity index is 2.04. The summed E-state index contributed by atoms with van der Waals surface area (Å²) >= 11 is 0. The molecule has 0 fully saturated rings. The molecule has 31 heavy (non-hydrogen) atoms. The molecule has 0 atom stereocenters. The minimum atomic E-state index is -0.185. The third-order valence-corrected chi connectivity index (χ3v) is 5.41. The first kappa shape index (κ1) is 27.0. The van der Waals surface area contributed by atoms with Crippen LogP contribution in [0, 0.1) is 0 Å². The summed E-state index contributed by atoms with van der Waals surface area (Å²) in [6.07, 6.45) is 25.4. The van der Waals surface area contributed by atoms with E-state index in [4.69, 9.17) is 9.47 Å². The van der Waals surface area contributed by atoms with E-state index in [2.05, 4.69) is 19.1 Å². The van der Waals surface area contributed by atoms with Crippen molar-refractivity contribution in [3.05, 3.63) is 42.0 Å². The Morgan fingerprint density at radius 2 is 1.45 bits per heavy atom. The number of methoxy groups -OCH3 is 1. The van der Waals surface area contributed by atoms with Crippen molar-refractivity contribution in [3.8, 4) is 11.5 Å². The van der Waals surface area contributed by atoms with Crippen LogP contribution < -0.4 is 9.47 Å². The van der Waals surface area contributed by atoms with E-state index in [1.165, 1.54) is 70.6 Å². The molecule has 0 bridgehead atoms. The third-order valence-electron chi connectivity index (χ3n) is 5.41. The van der Waals surface area contributed by atoms with Crippen LogP contribution in [0.2, 0.25) is 0 Å². The van der Waals surface area contributed by atoms with Crippen LogP contribution in [0.1, 0.15) is 109 Å². The Morgan fingerprint density at radius 3 is 2.06 bits per heavy atom. The Morgan fingerprint density at radius 1 is 0.839 bits per heavy atom. The molecule has 1 aromatic carbocycles. The average Bonchev–Trinajstić information content (AvgIpc) is 2.77. The van der Waals surface area contributed by atoms with E-state index in [0.29, 0.717) is 17.9 Å². The van der Waals surface area contributed by atoms with Crippen molar-refractivity contribution in [2.24, 2.45) is 0 Å². The van der Waals surface area contributed by atoms with Gasteiger partial charge in [-0.2, -0.15) is 0 Å². The standard InChI is InChI=1S/C28H44O3/c1-4-6-7-8-9-10-11-12-13-14-15-16-17-18-19-21-28(29)31-26-23-22-25(20-5-2)24-27(26)30-3/h5,12-13,20,22-24H,4,6-11,14-19,21H2,1-3H3/b13-12-,20-5+. The van der Waals surface area contributed by atoms with Gasteiger partial charge in [-0.15, -0.1) is 0 Å². The van der Waals surface area contributed by atoms with Crippen molar-refractivity contribution in [1.29, 1.82) is 0 Å². The zero-order valence-corrected chi connectivity index (χ0v) is 20.2. The van der Waals surface area contributed by atoms with Gasteiger partial charge in [-0.05, 0) is 56.7 Å². The summed E-state index contributed by atoms with van der Waals surface area (Å²) in [4.78, 5) is 12.1. The quantitative estimate of drug-likeness (QED) is 0.101. The van der Waals surface area contributed by atoms with Crippen LogP contribution in [-0.2, 0) is 4.79 Å². The SMILES string of the molecule is C/C=C/c1ccc(OC(=O)CCCCCCC/C=C\CCCCCCCC)c(OC)c1. The second-order valence-corrected chi connectivity index (χ2v) is 8.22. The number of esters is 1. The monoisotopic (exact) mass is 428 g/mol. The lowest BCUT2D eigenvalue weighted by Gasteiger charge is -2.10. The maximum absolute atomic E-state index is 12.1. The second-order valence-electron chi connectivity index (χ2n) is 8.22. The molecule has 0 aliphatic carbocycles. The van der Waals surface area contributed by atoms with Crippen LogP contribution in [0.3, 0.4) is 0 Å². The number of carbonyl (C=O) groups excluding carboxylic acids is 1. The van der Waals surface area contributed by atoms with Gasteiger partial charge in [0.05, 0.1) is 7.11 Å². The van der Waals surface area contributed by atoms with Gasteiger partial charge in [0.2, 0.25) is 0 Å². The molecule has 0 saturated carbocycles. The number of unbranched alkanes of at least 4 members (excludes halogenated alkanes) is 11. The first-order chi connectivity index (χ1) is 15.2. The second kappa shape index (κ2) is 18.7. The predicted molar refractivity (Wildman–Crippen MR) is 133 cm³/mol. The fourth-order valence-corrected chi connectivity index (χ4v) is 3.58. The van der Waals surface area contributed by atoms with Gasteiger partial charge in [0, 0.05) is 6.42 Å². The zero-order valence-electron chi connectivity index (χ0n) is 20.2. The Kier molecular flexibility index (Phi) is 16.3. The molecule has 0 heterocycles. The summed E-state index contributed by atoms with van der Waals surface area (Å²) in [5.74, 6) is 0.900. The van der Waals surface area contributed by atoms with Gasteiger partial charge in [-0.1, -0.05) is 88.7 Å². The summed E-state index contributed by atoms with van der Waals surface area (Å²) in [5, 5.41) is 0. The Hall–Kier alpha value is -2.03. The minimum absolute atomic E-state index is 0.185. The molecule has 0 N–H and O–H groups in total. The molecular formula is C28H44O3. The molecule has 0 radical (unpaired) electrons. The van der Waals surface area contributed by atoms with Gasteiger partial charge in [-0.25, -0.2) is 0 Å². The summed E-state index contributed by atoms with van der Waals surface area (Å²) < 4.78 is 10.8. The third kappa shape index (κ3) is 13.8. The first-order valence-electron chi connectivity index (χ1n) is 12.4. The first-order valence-corrected chi connectivity index (χ1v) is 12.4. The fourth-order valence-electron chi connectivity index (χ4n) is 3.58. The molecule has 3 nitrogen and oxygen atoms in total. The molecular weight excluding hydrogens is 384 g/mol. The molecule has 0 aliphatic heterocycles. The van der Waals surface area contributed by atoms with Crippen molar-refractivity contribution in [1.82, 2.24) is 0 Å². The molecule has 0 saturated heterocycles. The van der Waals surface area contributed by atoms with Crippen LogP contribution in [0.5, 0.6) is 11.5 Å². The van der Waals surface area contributed by atoms with E-state index >= 15 is 0 Å². The maximum Gasteiger partial charge on any atom is 0.311 e. The van der Waals surface area contributed by atoms with Gasteiger partial charge in [-0.3, -0.25) is 4.79 Å². The van der Waals surface area contributed by atoms with Gasteiger partial charge >= 0.3 is 5.97 Å². The van der Waals surface area contributed by atoms with Gasteiger partial charge in [0.1, 0.15) is 0 Å². The topological polar surface area (TPSA) is 35.5 Å². The highest BCUT2D eigenvalue weighted by Crippen LogP contribution is 2.29. The van der Waals surface area contributed by atoms with E-state index in [0.717, 1.165) is 18.4 Å². The number of benzene rings is 1. The molecule has 0 amide bonds. The van der Waals surface area contributed by atoms with Gasteiger partial charge in [0.25, 0.3) is 0 Å². The highest BCUT2D eigenvalue weighted by Gasteiger charge is 2.10. The van der Waals surface area contributed by atoms with Crippen molar-refractivity contribution in [3.63, 3.8) is 0 Å². The van der Waals surface area contributed by atoms with E-state index in [-0.39, 0.29) is 5.97 Å². The maximum atomic E-state index is 12.1. The van der Waals surface area contributed by atoms with Crippen molar-refractivity contribution in [2.45, 2.75) is 104 Å². The van der Waals surface area contributed by atoms with Crippen LogP contribution in [-0.4, -0.2) is 13.1 Å². The largest absolute Gasteiger partial charge is 0.493 e. The summed E-state index contributed by atoms with van der Waals surface area (Å²) in [6, 6.07) is 5.60. The number of hydrogen-bond donors (Lipinski definition) is 0. The number of hydrogen-bond acceptors (Lipinski definition) is 3. The van der Waals surface area contributed by atoms with E-state index in [1.807, 2.05) is 31.2 Å². The number of ether oxygens (including phenoxy) is 2. The van der Waals surface area contributed by atoms with Crippen LogP contribution in [0.4, 0.5) is 0 Å². The lowest BCUT2D eigenvalue weighted by molar-refractivity contribution is -0.134. The van der Waals surface area contributed by atoms with Crippen molar-refractivity contribution in [2.75, 3.05) is 7.11 Å². The molecule has 1 aromatic rings. The Labute approximate surface area is 190 Å². The van der Waals surface area contributed by atoms with Crippen LogP contribution in [0.25, 0.3) is 6.08 Å². The predicted octanol–water partition coefficient (Wildman–Crippen LogP) is 8.67. The Bertz CT molecular complexity index is 646. The summed E-state index contributed by atoms with van der Waals surface area (Å²) in [5.41, 5.74) is 1.02. The zero-order chi connectivity index (χ0) is 22.6. The number of rotatable bonds is 18. The lowest BCUT2D eigenvalue weighted by atomic mass is 10.1. The van der Waals surface area contributed by atoms with Gasteiger partial charge in [0.15, 0.2) is 11.5 Å². The van der Waals surface area contributed by atoms with Gasteiger partial charge < -0.3 is 9.47 Å². The van der Waals surface area contributed by atoms with E-state index in [9.17, 15) is 4.79 Å². The normalized spacial score (nSPS) is 11.5. The number of allylic oxidation sites excluding steroid dienone is 3. The smallest absolute Gasteiger partial charge is 0.311 e. The summed E-state index contributed by atoms with van der Waals surface area (Å²) in [6.45, 7) is 4.23. The molecule has 0 spiro atoms. The minimum Gasteiger partial charge on any atom is -0.493 e. The lowest BCUT2D eigenvalue weighted by Crippen LogP contribution is -2.08. The molecule has 1 rings (SSSR count). The average molecular weight is 429 g/mol.